The van der Waals surface area contributed by atoms with Crippen molar-refractivity contribution in [2.75, 3.05) is 5.32 Å². The Morgan fingerprint density at radius 3 is 2.30 bits per heavy atom. The molecule has 0 fully saturated rings. The fourth-order valence-electron chi connectivity index (χ4n) is 1.25. The lowest BCUT2D eigenvalue weighted by molar-refractivity contribution is -0.274. The van der Waals surface area contributed by atoms with Crippen LogP contribution in [0.1, 0.15) is 0 Å². The highest BCUT2D eigenvalue weighted by molar-refractivity contribution is 6.32. The van der Waals surface area contributed by atoms with Gasteiger partial charge in [0.15, 0.2) is 11.0 Å². The fraction of sp³-hybridized carbons (Fsp3) is 0.100. The number of nitrogens with zero attached hydrogens (tertiary/aromatic N) is 3. The molecule has 0 saturated heterocycles. The summed E-state index contributed by atoms with van der Waals surface area (Å²) in [5, 5.41) is 9.55. The molecule has 0 aliphatic heterocycles. The third kappa shape index (κ3) is 4.10. The summed E-state index contributed by atoms with van der Waals surface area (Å²) in [6.07, 6.45) is -4.73. The van der Waals surface area contributed by atoms with Gasteiger partial charge in [-0.1, -0.05) is 11.6 Å². The molecule has 0 bridgehead atoms. The van der Waals surface area contributed by atoms with Crippen molar-refractivity contribution in [2.45, 2.75) is 6.36 Å². The lowest BCUT2D eigenvalue weighted by atomic mass is 10.3. The molecular weight excluding hydrogens is 320 g/mol. The Morgan fingerprint density at radius 2 is 1.70 bits per heavy atom. The Labute approximate surface area is 120 Å². The number of halogens is 5. The van der Waals surface area contributed by atoms with Crippen molar-refractivity contribution in [3.63, 3.8) is 0 Å². The normalized spacial score (nSPS) is 11.2. The summed E-state index contributed by atoms with van der Waals surface area (Å²) in [6.45, 7) is 0. The van der Waals surface area contributed by atoms with E-state index in [4.69, 9.17) is 23.2 Å². The second kappa shape index (κ2) is 5.68. The molecule has 10 heteroatoms. The summed E-state index contributed by atoms with van der Waals surface area (Å²) in [5.41, 5.74) is 0.429. The number of anilines is 2. The van der Waals surface area contributed by atoms with Crippen LogP contribution in [-0.2, 0) is 0 Å². The molecule has 0 aliphatic rings. The maximum absolute atomic E-state index is 12.0. The van der Waals surface area contributed by atoms with Crippen molar-refractivity contribution in [1.82, 2.24) is 15.2 Å². The van der Waals surface area contributed by atoms with E-state index in [2.05, 4.69) is 25.2 Å². The van der Waals surface area contributed by atoms with Gasteiger partial charge in [-0.25, -0.2) is 0 Å². The quantitative estimate of drug-likeness (QED) is 0.930. The Balaban J connectivity index is 2.13. The molecular formula is C10H5Cl2F3N4O. The molecule has 2 rings (SSSR count). The van der Waals surface area contributed by atoms with Gasteiger partial charge in [-0.15, -0.1) is 23.4 Å². The Morgan fingerprint density at radius 1 is 1.05 bits per heavy atom. The Bertz CT molecular complexity index is 606. The monoisotopic (exact) mass is 324 g/mol. The summed E-state index contributed by atoms with van der Waals surface area (Å²) in [7, 11) is 0. The van der Waals surface area contributed by atoms with Crippen molar-refractivity contribution >= 4 is 34.7 Å². The largest absolute Gasteiger partial charge is 0.573 e. The molecule has 106 valence electrons. The highest BCUT2D eigenvalue weighted by Gasteiger charge is 2.30. The smallest absolute Gasteiger partial charge is 0.406 e. The van der Waals surface area contributed by atoms with Crippen LogP contribution >= 0.6 is 23.2 Å². The third-order valence-corrected chi connectivity index (χ3v) is 2.39. The van der Waals surface area contributed by atoms with Crippen LogP contribution in [0.3, 0.4) is 0 Å². The van der Waals surface area contributed by atoms with Gasteiger partial charge in [-0.05, 0) is 35.9 Å². The van der Waals surface area contributed by atoms with E-state index in [9.17, 15) is 13.2 Å². The van der Waals surface area contributed by atoms with E-state index in [1.54, 1.807) is 0 Å². The van der Waals surface area contributed by atoms with Crippen LogP contribution in [0.25, 0.3) is 0 Å². The molecule has 0 saturated carbocycles. The summed E-state index contributed by atoms with van der Waals surface area (Å²) in [4.78, 5) is 3.79. The maximum atomic E-state index is 12.0. The SMILES string of the molecule is FC(F)(F)Oc1ccc(Nc2nc(Cl)nnc2Cl)cc1. The third-order valence-electron chi connectivity index (χ3n) is 1.97. The van der Waals surface area contributed by atoms with Gasteiger partial charge in [0.25, 0.3) is 0 Å². The highest BCUT2D eigenvalue weighted by atomic mass is 35.5. The molecule has 0 aliphatic carbocycles. The van der Waals surface area contributed by atoms with Crippen molar-refractivity contribution < 1.29 is 17.9 Å². The number of hydrogen-bond donors (Lipinski definition) is 1. The number of aromatic nitrogens is 3. The molecule has 0 radical (unpaired) electrons. The van der Waals surface area contributed by atoms with Gasteiger partial charge in [0.1, 0.15) is 5.75 Å². The second-order valence-electron chi connectivity index (χ2n) is 3.42. The van der Waals surface area contributed by atoms with Gasteiger partial charge >= 0.3 is 6.36 Å². The van der Waals surface area contributed by atoms with Gasteiger partial charge in [-0.2, -0.15) is 4.98 Å². The number of benzene rings is 1. The molecule has 20 heavy (non-hydrogen) atoms. The first-order valence-corrected chi connectivity index (χ1v) is 5.77. The Hall–Kier alpha value is -1.80. The van der Waals surface area contributed by atoms with Gasteiger partial charge in [0.05, 0.1) is 0 Å². The predicted molar refractivity (Wildman–Crippen MR) is 66.3 cm³/mol. The zero-order chi connectivity index (χ0) is 14.8. The van der Waals surface area contributed by atoms with Crippen LogP contribution in [0.5, 0.6) is 5.75 Å². The average Bonchev–Trinajstić information content (AvgIpc) is 2.34. The maximum Gasteiger partial charge on any atom is 0.573 e. The summed E-state index contributed by atoms with van der Waals surface area (Å²) in [6, 6.07) is 4.99. The fourth-order valence-corrected chi connectivity index (χ4v) is 1.50. The zero-order valence-electron chi connectivity index (χ0n) is 9.45. The lowest BCUT2D eigenvalue weighted by Gasteiger charge is -2.10. The molecule has 0 unspecified atom stereocenters. The number of nitrogens with one attached hydrogen (secondary N) is 1. The molecule has 1 N–H and O–H groups in total. The number of rotatable bonds is 3. The molecule has 1 aromatic carbocycles. The molecule has 1 heterocycles. The van der Waals surface area contributed by atoms with Gasteiger partial charge < -0.3 is 10.1 Å². The first-order valence-electron chi connectivity index (χ1n) is 5.02. The van der Waals surface area contributed by atoms with E-state index in [0.717, 1.165) is 12.1 Å². The van der Waals surface area contributed by atoms with Crippen LogP contribution < -0.4 is 10.1 Å². The van der Waals surface area contributed by atoms with Crippen molar-refractivity contribution in [3.8, 4) is 5.75 Å². The molecule has 1 aromatic heterocycles. The average molecular weight is 325 g/mol. The number of hydrogen-bond acceptors (Lipinski definition) is 5. The number of alkyl halides is 3. The first kappa shape index (κ1) is 14.6. The minimum absolute atomic E-state index is 0.0231. The predicted octanol–water partition coefficient (Wildman–Crippen LogP) is 3.82. The van der Waals surface area contributed by atoms with Crippen LogP contribution in [-0.4, -0.2) is 21.5 Å². The molecule has 0 spiro atoms. The van der Waals surface area contributed by atoms with E-state index in [1.165, 1.54) is 12.1 Å². The van der Waals surface area contributed by atoms with Crippen molar-refractivity contribution in [2.24, 2.45) is 0 Å². The van der Waals surface area contributed by atoms with E-state index >= 15 is 0 Å². The van der Waals surface area contributed by atoms with Crippen LogP contribution in [0.15, 0.2) is 24.3 Å². The molecule has 5 nitrogen and oxygen atoms in total. The van der Waals surface area contributed by atoms with Crippen molar-refractivity contribution in [1.29, 1.82) is 0 Å². The van der Waals surface area contributed by atoms with E-state index in [1.807, 2.05) is 0 Å². The van der Waals surface area contributed by atoms with E-state index in [0.29, 0.717) is 5.69 Å². The molecule has 0 atom stereocenters. The minimum atomic E-state index is -4.73. The van der Waals surface area contributed by atoms with Crippen molar-refractivity contribution in [3.05, 3.63) is 34.7 Å². The molecule has 2 aromatic rings. The zero-order valence-corrected chi connectivity index (χ0v) is 11.0. The van der Waals surface area contributed by atoms with Crippen LogP contribution in [0, 0.1) is 0 Å². The topological polar surface area (TPSA) is 59.9 Å². The summed E-state index contributed by atoms with van der Waals surface area (Å²) in [5.74, 6) is -0.204. The highest BCUT2D eigenvalue weighted by Crippen LogP contribution is 2.26. The van der Waals surface area contributed by atoms with Gasteiger partial charge in [0.2, 0.25) is 5.28 Å². The van der Waals surface area contributed by atoms with Crippen LogP contribution in [0.2, 0.25) is 10.4 Å². The standard InChI is InChI=1S/C10H5Cl2F3N4O/c11-7-8(17-9(12)19-18-7)16-5-1-3-6(4-2-5)20-10(13,14)15/h1-4H,(H,16,17,19). The van der Waals surface area contributed by atoms with Crippen LogP contribution in [0.4, 0.5) is 24.7 Å². The first-order chi connectivity index (χ1) is 9.33. The van der Waals surface area contributed by atoms with E-state index in [-0.39, 0.29) is 22.0 Å². The van der Waals surface area contributed by atoms with Gasteiger partial charge in [-0.3, -0.25) is 0 Å². The Kier molecular flexibility index (Phi) is 4.15. The number of ether oxygens (including phenoxy) is 1. The second-order valence-corrected chi connectivity index (χ2v) is 4.11. The lowest BCUT2D eigenvalue weighted by Crippen LogP contribution is -2.16. The summed E-state index contributed by atoms with van der Waals surface area (Å²) >= 11 is 11.3. The molecule has 0 amide bonds. The van der Waals surface area contributed by atoms with Gasteiger partial charge in [0, 0.05) is 5.69 Å². The van der Waals surface area contributed by atoms with E-state index < -0.39 is 6.36 Å². The minimum Gasteiger partial charge on any atom is -0.406 e. The summed E-state index contributed by atoms with van der Waals surface area (Å²) < 4.78 is 39.7.